The molecule has 1 heterocycles. The van der Waals surface area contributed by atoms with Gasteiger partial charge >= 0.3 is 0 Å². The molecule has 3 heteroatoms. The molecule has 1 aromatic rings. The van der Waals surface area contributed by atoms with Gasteiger partial charge in [-0.05, 0) is 30.0 Å². The average Bonchev–Trinajstić information content (AvgIpc) is 2.29. The number of hydrogen-bond acceptors (Lipinski definition) is 2. The fraction of sp³-hybridized carbons (Fsp3) is 0.571. The molecule has 0 bridgehead atoms. The molecule has 1 aliphatic rings. The van der Waals surface area contributed by atoms with Gasteiger partial charge in [-0.25, -0.2) is 0 Å². The monoisotopic (exact) mass is 252 g/mol. The smallest absolute Gasteiger partial charge is 0.0450 e. The van der Waals surface area contributed by atoms with Crippen LogP contribution < -0.4 is 10.6 Å². The molecule has 0 radical (unpaired) electrons. The van der Waals surface area contributed by atoms with E-state index in [0.717, 1.165) is 24.7 Å². The van der Waals surface area contributed by atoms with E-state index < -0.39 is 0 Å². The number of rotatable bonds is 3. The van der Waals surface area contributed by atoms with Crippen molar-refractivity contribution in [3.63, 3.8) is 0 Å². The summed E-state index contributed by atoms with van der Waals surface area (Å²) in [4.78, 5) is 0. The SMILES string of the molecule is CC1(C)CNCCC1NCc1ccccc1Cl. The molecule has 2 rings (SSSR count). The molecule has 2 N–H and O–H groups in total. The first-order chi connectivity index (χ1) is 8.09. The minimum Gasteiger partial charge on any atom is -0.316 e. The van der Waals surface area contributed by atoms with Gasteiger partial charge in [-0.2, -0.15) is 0 Å². The molecular formula is C14H21ClN2. The van der Waals surface area contributed by atoms with Gasteiger partial charge in [-0.15, -0.1) is 0 Å². The lowest BCUT2D eigenvalue weighted by Crippen LogP contribution is -2.52. The van der Waals surface area contributed by atoms with E-state index in [9.17, 15) is 0 Å². The first-order valence-corrected chi connectivity index (χ1v) is 6.65. The zero-order valence-corrected chi connectivity index (χ0v) is 11.3. The van der Waals surface area contributed by atoms with Crippen LogP contribution in [0.2, 0.25) is 5.02 Å². The Morgan fingerprint density at radius 3 is 2.88 bits per heavy atom. The van der Waals surface area contributed by atoms with Crippen molar-refractivity contribution in [1.29, 1.82) is 0 Å². The minimum atomic E-state index is 0.305. The van der Waals surface area contributed by atoms with Gasteiger partial charge in [0.1, 0.15) is 0 Å². The normalized spacial score (nSPS) is 23.6. The van der Waals surface area contributed by atoms with E-state index in [4.69, 9.17) is 11.6 Å². The van der Waals surface area contributed by atoms with Crippen molar-refractivity contribution in [2.24, 2.45) is 5.41 Å². The van der Waals surface area contributed by atoms with Gasteiger partial charge in [-0.3, -0.25) is 0 Å². The lowest BCUT2D eigenvalue weighted by molar-refractivity contribution is 0.184. The number of hydrogen-bond donors (Lipinski definition) is 2. The second-order valence-corrected chi connectivity index (χ2v) is 5.89. The summed E-state index contributed by atoms with van der Waals surface area (Å²) in [6.45, 7) is 7.65. The highest BCUT2D eigenvalue weighted by atomic mass is 35.5. The molecular weight excluding hydrogens is 232 g/mol. The Morgan fingerprint density at radius 1 is 1.41 bits per heavy atom. The first-order valence-electron chi connectivity index (χ1n) is 6.27. The topological polar surface area (TPSA) is 24.1 Å². The molecule has 0 aliphatic carbocycles. The Hall–Kier alpha value is -0.570. The van der Waals surface area contributed by atoms with Crippen LogP contribution in [0.1, 0.15) is 25.8 Å². The summed E-state index contributed by atoms with van der Waals surface area (Å²) >= 11 is 6.16. The van der Waals surface area contributed by atoms with Crippen LogP contribution in [0.15, 0.2) is 24.3 Å². The molecule has 17 heavy (non-hydrogen) atoms. The van der Waals surface area contributed by atoms with E-state index in [1.807, 2.05) is 18.2 Å². The molecule has 2 nitrogen and oxygen atoms in total. The Morgan fingerprint density at radius 2 is 2.18 bits per heavy atom. The van der Waals surface area contributed by atoms with Gasteiger partial charge in [0.2, 0.25) is 0 Å². The molecule has 0 saturated carbocycles. The quantitative estimate of drug-likeness (QED) is 0.865. The first kappa shape index (κ1) is 12.9. The minimum absolute atomic E-state index is 0.305. The summed E-state index contributed by atoms with van der Waals surface area (Å²) < 4.78 is 0. The fourth-order valence-electron chi connectivity index (χ4n) is 2.42. The van der Waals surface area contributed by atoms with Crippen molar-refractivity contribution in [1.82, 2.24) is 10.6 Å². The van der Waals surface area contributed by atoms with E-state index in [-0.39, 0.29) is 0 Å². The molecule has 1 fully saturated rings. The van der Waals surface area contributed by atoms with E-state index >= 15 is 0 Å². The van der Waals surface area contributed by atoms with Crippen molar-refractivity contribution in [3.05, 3.63) is 34.9 Å². The molecule has 0 aromatic heterocycles. The molecule has 94 valence electrons. The summed E-state index contributed by atoms with van der Waals surface area (Å²) in [7, 11) is 0. The van der Waals surface area contributed by atoms with Gasteiger partial charge in [0, 0.05) is 24.2 Å². The summed E-state index contributed by atoms with van der Waals surface area (Å²) in [5.74, 6) is 0. The van der Waals surface area contributed by atoms with E-state index in [1.165, 1.54) is 12.0 Å². The Bertz CT molecular complexity index is 376. The Labute approximate surface area is 109 Å². The Kier molecular flexibility index (Phi) is 4.08. The van der Waals surface area contributed by atoms with Gasteiger partial charge in [0.15, 0.2) is 0 Å². The zero-order chi connectivity index (χ0) is 12.3. The maximum absolute atomic E-state index is 6.16. The summed E-state index contributed by atoms with van der Waals surface area (Å²) in [5, 5.41) is 7.95. The maximum Gasteiger partial charge on any atom is 0.0450 e. The van der Waals surface area contributed by atoms with Crippen LogP contribution in [0.25, 0.3) is 0 Å². The zero-order valence-electron chi connectivity index (χ0n) is 10.6. The van der Waals surface area contributed by atoms with Crippen molar-refractivity contribution in [2.75, 3.05) is 13.1 Å². The van der Waals surface area contributed by atoms with Crippen molar-refractivity contribution < 1.29 is 0 Å². The second kappa shape index (κ2) is 5.38. The molecule has 1 saturated heterocycles. The lowest BCUT2D eigenvalue weighted by Gasteiger charge is -2.39. The molecule has 0 amide bonds. The van der Waals surface area contributed by atoms with Crippen LogP contribution in [0.5, 0.6) is 0 Å². The predicted molar refractivity (Wildman–Crippen MR) is 73.3 cm³/mol. The van der Waals surface area contributed by atoms with Crippen molar-refractivity contribution in [3.8, 4) is 0 Å². The summed E-state index contributed by atoms with van der Waals surface area (Å²) in [5.41, 5.74) is 1.49. The van der Waals surface area contributed by atoms with Gasteiger partial charge in [0.25, 0.3) is 0 Å². The molecule has 1 atom stereocenters. The third-order valence-corrected chi connectivity index (χ3v) is 4.00. The van der Waals surface area contributed by atoms with Crippen LogP contribution in [-0.2, 0) is 6.54 Å². The van der Waals surface area contributed by atoms with Crippen molar-refractivity contribution >= 4 is 11.6 Å². The number of piperidine rings is 1. The van der Waals surface area contributed by atoms with Crippen molar-refractivity contribution in [2.45, 2.75) is 32.9 Å². The Balaban J connectivity index is 1.96. The summed E-state index contributed by atoms with van der Waals surface area (Å²) in [6, 6.07) is 8.60. The second-order valence-electron chi connectivity index (χ2n) is 5.48. The standard InChI is InChI=1S/C14H21ClN2/c1-14(2)10-16-8-7-13(14)17-9-11-5-3-4-6-12(11)15/h3-6,13,16-17H,7-10H2,1-2H3. The van der Waals surface area contributed by atoms with Crippen LogP contribution in [0, 0.1) is 5.41 Å². The third kappa shape index (κ3) is 3.21. The molecule has 0 spiro atoms. The highest BCUT2D eigenvalue weighted by molar-refractivity contribution is 6.31. The average molecular weight is 253 g/mol. The van der Waals surface area contributed by atoms with E-state index in [2.05, 4.69) is 30.5 Å². The molecule has 1 unspecified atom stereocenters. The van der Waals surface area contributed by atoms with Crippen LogP contribution in [-0.4, -0.2) is 19.1 Å². The molecule has 1 aromatic carbocycles. The summed E-state index contributed by atoms with van der Waals surface area (Å²) in [6.07, 6.45) is 1.18. The lowest BCUT2D eigenvalue weighted by atomic mass is 9.80. The highest BCUT2D eigenvalue weighted by Crippen LogP contribution is 2.25. The highest BCUT2D eigenvalue weighted by Gasteiger charge is 2.31. The van der Waals surface area contributed by atoms with Gasteiger partial charge < -0.3 is 10.6 Å². The van der Waals surface area contributed by atoms with Crippen LogP contribution in [0.3, 0.4) is 0 Å². The number of halogens is 1. The van der Waals surface area contributed by atoms with Crippen LogP contribution in [0.4, 0.5) is 0 Å². The molecule has 1 aliphatic heterocycles. The van der Waals surface area contributed by atoms with E-state index in [0.29, 0.717) is 11.5 Å². The van der Waals surface area contributed by atoms with E-state index in [1.54, 1.807) is 0 Å². The predicted octanol–water partition coefficient (Wildman–Crippen LogP) is 2.82. The maximum atomic E-state index is 6.16. The number of nitrogens with one attached hydrogen (secondary N) is 2. The van der Waals surface area contributed by atoms with Gasteiger partial charge in [-0.1, -0.05) is 43.6 Å². The fourth-order valence-corrected chi connectivity index (χ4v) is 2.63. The van der Waals surface area contributed by atoms with Gasteiger partial charge in [0.05, 0.1) is 0 Å². The third-order valence-electron chi connectivity index (χ3n) is 3.63. The number of benzene rings is 1. The largest absolute Gasteiger partial charge is 0.316 e. The van der Waals surface area contributed by atoms with Crippen LogP contribution >= 0.6 is 11.6 Å².